The molecule has 1 atom stereocenters. The maximum absolute atomic E-state index is 11.7. The number of anilines is 1. The van der Waals surface area contributed by atoms with Gasteiger partial charge in [0, 0.05) is 12.5 Å². The first-order chi connectivity index (χ1) is 8.04. The van der Waals surface area contributed by atoms with E-state index in [0.29, 0.717) is 6.42 Å². The van der Waals surface area contributed by atoms with Gasteiger partial charge in [-0.15, -0.1) is 0 Å². The summed E-state index contributed by atoms with van der Waals surface area (Å²) < 4.78 is 0. The Morgan fingerprint density at radius 1 is 1.41 bits per heavy atom. The molecule has 0 saturated carbocycles. The first kappa shape index (κ1) is 14.2. The zero-order chi connectivity index (χ0) is 12.8. The second-order valence-corrected chi connectivity index (χ2v) is 4.26. The topological polar surface area (TPSA) is 66.9 Å². The summed E-state index contributed by atoms with van der Waals surface area (Å²) in [6, 6.07) is 0.0854. The van der Waals surface area contributed by atoms with Crippen LogP contribution in [-0.2, 0) is 4.79 Å². The highest BCUT2D eigenvalue weighted by atomic mass is 35.5. The van der Waals surface area contributed by atoms with Crippen molar-refractivity contribution in [1.82, 2.24) is 15.3 Å². The molecule has 1 aromatic heterocycles. The van der Waals surface area contributed by atoms with Crippen molar-refractivity contribution in [3.63, 3.8) is 0 Å². The van der Waals surface area contributed by atoms with Gasteiger partial charge < -0.3 is 10.6 Å². The first-order valence-corrected chi connectivity index (χ1v) is 5.99. The van der Waals surface area contributed by atoms with E-state index in [1.165, 1.54) is 6.33 Å². The van der Waals surface area contributed by atoms with Gasteiger partial charge in [-0.1, -0.05) is 30.1 Å². The molecular weight excluding hydrogens is 263 g/mol. The van der Waals surface area contributed by atoms with Crippen molar-refractivity contribution < 1.29 is 4.79 Å². The van der Waals surface area contributed by atoms with Gasteiger partial charge >= 0.3 is 0 Å². The maximum atomic E-state index is 11.7. The van der Waals surface area contributed by atoms with E-state index >= 15 is 0 Å². The normalized spacial score (nSPS) is 12.2. The number of aromatic nitrogens is 2. The van der Waals surface area contributed by atoms with Gasteiger partial charge in [0.1, 0.15) is 12.0 Å². The third-order valence-corrected chi connectivity index (χ3v) is 2.64. The second kappa shape index (κ2) is 6.74. The van der Waals surface area contributed by atoms with Crippen molar-refractivity contribution in [2.75, 3.05) is 11.9 Å². The van der Waals surface area contributed by atoms with Crippen molar-refractivity contribution in [2.45, 2.75) is 26.3 Å². The number of rotatable bonds is 5. The Bertz CT molecular complexity index is 380. The maximum Gasteiger partial charge on any atom is 0.226 e. The minimum atomic E-state index is -0.183. The molecule has 2 N–H and O–H groups in total. The Hall–Kier alpha value is -0.910. The average molecular weight is 277 g/mol. The molecule has 1 unspecified atom stereocenters. The van der Waals surface area contributed by atoms with E-state index in [-0.39, 0.29) is 27.9 Å². The molecule has 0 bridgehead atoms. The van der Waals surface area contributed by atoms with E-state index in [0.717, 1.165) is 6.54 Å². The molecule has 0 aliphatic heterocycles. The first-order valence-electron chi connectivity index (χ1n) is 5.23. The molecule has 0 saturated heterocycles. The number of hydrogen-bond acceptors (Lipinski definition) is 4. The highest BCUT2D eigenvalue weighted by molar-refractivity contribution is 6.38. The van der Waals surface area contributed by atoms with Crippen molar-refractivity contribution in [2.24, 2.45) is 0 Å². The summed E-state index contributed by atoms with van der Waals surface area (Å²) in [4.78, 5) is 19.2. The van der Waals surface area contributed by atoms with Crippen molar-refractivity contribution in [3.05, 3.63) is 16.6 Å². The fraction of sp³-hybridized carbons (Fsp3) is 0.500. The summed E-state index contributed by atoms with van der Waals surface area (Å²) in [5.74, 6) is -0.183. The van der Waals surface area contributed by atoms with Crippen LogP contribution in [0, 0.1) is 0 Å². The highest BCUT2D eigenvalue weighted by Gasteiger charge is 2.13. The van der Waals surface area contributed by atoms with Gasteiger partial charge in [0.15, 0.2) is 10.3 Å². The molecule has 0 aliphatic rings. The fourth-order valence-corrected chi connectivity index (χ4v) is 1.75. The number of amides is 1. The van der Waals surface area contributed by atoms with E-state index in [1.807, 2.05) is 13.8 Å². The van der Waals surface area contributed by atoms with E-state index in [9.17, 15) is 4.79 Å². The van der Waals surface area contributed by atoms with E-state index in [1.54, 1.807) is 0 Å². The molecule has 5 nitrogen and oxygen atoms in total. The predicted octanol–water partition coefficient (Wildman–Crippen LogP) is 2.11. The molecule has 7 heteroatoms. The highest BCUT2D eigenvalue weighted by Crippen LogP contribution is 2.25. The van der Waals surface area contributed by atoms with Crippen LogP contribution in [0.2, 0.25) is 10.3 Å². The summed E-state index contributed by atoms with van der Waals surface area (Å²) in [6.45, 7) is 4.71. The largest absolute Gasteiger partial charge is 0.321 e. The quantitative estimate of drug-likeness (QED) is 0.809. The average Bonchev–Trinajstić information content (AvgIpc) is 2.24. The van der Waals surface area contributed by atoms with Gasteiger partial charge in [-0.2, -0.15) is 0 Å². The van der Waals surface area contributed by atoms with Crippen LogP contribution in [-0.4, -0.2) is 28.5 Å². The summed E-state index contributed by atoms with van der Waals surface area (Å²) in [5, 5.41) is 6.00. The third kappa shape index (κ3) is 4.46. The van der Waals surface area contributed by atoms with Gasteiger partial charge in [0.25, 0.3) is 0 Å². The van der Waals surface area contributed by atoms with Crippen LogP contribution in [0.15, 0.2) is 6.33 Å². The zero-order valence-electron chi connectivity index (χ0n) is 9.63. The standard InChI is InChI=1S/C10H14Cl2N4O/c1-3-13-6(2)4-7(17)16-8-9(11)14-5-15-10(8)12/h5-6,13H,3-4H2,1-2H3,(H,16,17). The number of nitrogens with zero attached hydrogens (tertiary/aromatic N) is 2. The molecule has 17 heavy (non-hydrogen) atoms. The minimum absolute atomic E-state index is 0.0854. The Morgan fingerprint density at radius 3 is 2.53 bits per heavy atom. The monoisotopic (exact) mass is 276 g/mol. The minimum Gasteiger partial charge on any atom is -0.321 e. The van der Waals surface area contributed by atoms with Gasteiger partial charge in [-0.05, 0) is 13.5 Å². The van der Waals surface area contributed by atoms with Crippen LogP contribution in [0.4, 0.5) is 5.69 Å². The van der Waals surface area contributed by atoms with Crippen molar-refractivity contribution >= 4 is 34.8 Å². The van der Waals surface area contributed by atoms with Crippen LogP contribution in [0.5, 0.6) is 0 Å². The molecular formula is C10H14Cl2N4O. The van der Waals surface area contributed by atoms with Gasteiger partial charge in [-0.25, -0.2) is 9.97 Å². The van der Waals surface area contributed by atoms with Crippen LogP contribution >= 0.6 is 23.2 Å². The molecule has 1 aromatic rings. The van der Waals surface area contributed by atoms with Crippen LogP contribution in [0.3, 0.4) is 0 Å². The molecule has 0 radical (unpaired) electrons. The zero-order valence-corrected chi connectivity index (χ0v) is 11.1. The lowest BCUT2D eigenvalue weighted by Gasteiger charge is -2.12. The number of halogens is 2. The fourth-order valence-electron chi connectivity index (χ4n) is 1.34. The SMILES string of the molecule is CCNC(C)CC(=O)Nc1c(Cl)ncnc1Cl. The van der Waals surface area contributed by atoms with E-state index in [4.69, 9.17) is 23.2 Å². The number of carbonyl (C=O) groups is 1. The van der Waals surface area contributed by atoms with Gasteiger partial charge in [0.2, 0.25) is 5.91 Å². The number of nitrogens with one attached hydrogen (secondary N) is 2. The lowest BCUT2D eigenvalue weighted by Crippen LogP contribution is -2.30. The molecule has 1 rings (SSSR count). The molecule has 0 fully saturated rings. The van der Waals surface area contributed by atoms with Gasteiger partial charge in [0.05, 0.1) is 0 Å². The number of carbonyl (C=O) groups excluding carboxylic acids is 1. The summed E-state index contributed by atoms with van der Waals surface area (Å²) in [5.41, 5.74) is 0.254. The Labute approximate surface area is 110 Å². The Kier molecular flexibility index (Phi) is 5.61. The lowest BCUT2D eigenvalue weighted by molar-refractivity contribution is -0.116. The summed E-state index contributed by atoms with van der Waals surface area (Å²) >= 11 is 11.6. The molecule has 0 aromatic carbocycles. The predicted molar refractivity (Wildman–Crippen MR) is 68.4 cm³/mol. The van der Waals surface area contributed by atoms with Crippen molar-refractivity contribution in [3.8, 4) is 0 Å². The Morgan fingerprint density at radius 2 is 2.00 bits per heavy atom. The molecule has 1 amide bonds. The van der Waals surface area contributed by atoms with Crippen LogP contribution in [0.25, 0.3) is 0 Å². The molecule has 94 valence electrons. The van der Waals surface area contributed by atoms with Gasteiger partial charge in [-0.3, -0.25) is 4.79 Å². The van der Waals surface area contributed by atoms with E-state index < -0.39 is 0 Å². The van der Waals surface area contributed by atoms with E-state index in [2.05, 4.69) is 20.6 Å². The van der Waals surface area contributed by atoms with Crippen molar-refractivity contribution in [1.29, 1.82) is 0 Å². The second-order valence-electron chi connectivity index (χ2n) is 3.54. The van der Waals surface area contributed by atoms with Crippen LogP contribution < -0.4 is 10.6 Å². The Balaban J connectivity index is 2.62. The summed E-state index contributed by atoms with van der Waals surface area (Å²) in [7, 11) is 0. The number of hydrogen-bond donors (Lipinski definition) is 2. The molecule has 0 spiro atoms. The third-order valence-electron chi connectivity index (χ3n) is 2.06. The molecule has 1 heterocycles. The summed E-state index contributed by atoms with van der Waals surface area (Å²) in [6.07, 6.45) is 1.57. The molecule has 0 aliphatic carbocycles. The van der Waals surface area contributed by atoms with Crippen LogP contribution in [0.1, 0.15) is 20.3 Å². The lowest BCUT2D eigenvalue weighted by atomic mass is 10.2. The smallest absolute Gasteiger partial charge is 0.226 e.